The Balaban J connectivity index is 2.85. The van der Waals surface area contributed by atoms with Gasteiger partial charge in [-0.15, -0.1) is 0 Å². The second-order valence-electron chi connectivity index (χ2n) is 3.12. The van der Waals surface area contributed by atoms with Gasteiger partial charge in [0.1, 0.15) is 0 Å². The van der Waals surface area contributed by atoms with Gasteiger partial charge in [0.15, 0.2) is 0 Å². The minimum Gasteiger partial charge on any atom is -0.475 e. The van der Waals surface area contributed by atoms with Gasteiger partial charge in [-0.05, 0) is 11.6 Å². The van der Waals surface area contributed by atoms with Crippen molar-refractivity contribution in [3.8, 4) is 6.07 Å². The number of aliphatic carboxylic acids is 1. The molecule has 0 saturated heterocycles. The lowest BCUT2D eigenvalue weighted by molar-refractivity contribution is -0.146. The van der Waals surface area contributed by atoms with Crippen LogP contribution in [0.5, 0.6) is 0 Å². The second kappa shape index (κ2) is 6.03. The Morgan fingerprint density at radius 1 is 1.24 bits per heavy atom. The van der Waals surface area contributed by atoms with E-state index in [1.54, 1.807) is 12.1 Å². The van der Waals surface area contributed by atoms with E-state index in [4.69, 9.17) is 10.4 Å². The fraction of sp³-hybridized carbons (Fsp3) is 0. The zero-order chi connectivity index (χ0) is 12.7. The van der Waals surface area contributed by atoms with Gasteiger partial charge in [0, 0.05) is 6.08 Å². The van der Waals surface area contributed by atoms with E-state index < -0.39 is 11.8 Å². The average Bonchev–Trinajstić information content (AvgIpc) is 2.35. The van der Waals surface area contributed by atoms with Crippen LogP contribution in [-0.4, -0.2) is 16.9 Å². The summed E-state index contributed by atoms with van der Waals surface area (Å²) in [6.45, 7) is 0. The van der Waals surface area contributed by atoms with Gasteiger partial charge in [0.25, 0.3) is 5.78 Å². The molecule has 1 aromatic carbocycles. The van der Waals surface area contributed by atoms with Gasteiger partial charge >= 0.3 is 5.97 Å². The van der Waals surface area contributed by atoms with Crippen molar-refractivity contribution in [2.45, 2.75) is 0 Å². The van der Waals surface area contributed by atoms with Crippen LogP contribution >= 0.6 is 0 Å². The number of nitriles is 1. The topological polar surface area (TPSA) is 78.2 Å². The molecule has 1 N–H and O–H groups in total. The maximum absolute atomic E-state index is 10.9. The average molecular weight is 227 g/mol. The van der Waals surface area contributed by atoms with E-state index in [0.717, 1.165) is 11.6 Å². The molecule has 0 aromatic heterocycles. The van der Waals surface area contributed by atoms with E-state index in [-0.39, 0.29) is 5.57 Å². The molecule has 0 bridgehead atoms. The van der Waals surface area contributed by atoms with Crippen LogP contribution in [0.2, 0.25) is 0 Å². The number of nitrogens with zero attached hydrogens (tertiary/aromatic N) is 1. The highest BCUT2D eigenvalue weighted by Gasteiger charge is 2.07. The highest BCUT2D eigenvalue weighted by atomic mass is 16.4. The van der Waals surface area contributed by atoms with Crippen LogP contribution in [0, 0.1) is 11.3 Å². The van der Waals surface area contributed by atoms with Crippen molar-refractivity contribution >= 4 is 17.8 Å². The molecule has 0 saturated carbocycles. The lowest BCUT2D eigenvalue weighted by atomic mass is 10.1. The Kier molecular flexibility index (Phi) is 4.40. The van der Waals surface area contributed by atoms with Gasteiger partial charge in [-0.2, -0.15) is 5.26 Å². The van der Waals surface area contributed by atoms with Crippen LogP contribution < -0.4 is 0 Å². The summed E-state index contributed by atoms with van der Waals surface area (Å²) < 4.78 is 0. The van der Waals surface area contributed by atoms with E-state index in [1.165, 1.54) is 6.08 Å². The van der Waals surface area contributed by atoms with Crippen molar-refractivity contribution in [1.82, 2.24) is 0 Å². The van der Waals surface area contributed by atoms with E-state index in [2.05, 4.69) is 0 Å². The molecule has 0 aliphatic carbocycles. The van der Waals surface area contributed by atoms with E-state index in [1.807, 2.05) is 30.3 Å². The number of carbonyl (C=O) groups is 2. The Bertz CT molecular complexity index is 521. The van der Waals surface area contributed by atoms with Gasteiger partial charge < -0.3 is 5.11 Å². The number of hydrogen-bond donors (Lipinski definition) is 1. The summed E-state index contributed by atoms with van der Waals surface area (Å²) in [5.74, 6) is -2.69. The lowest BCUT2D eigenvalue weighted by Gasteiger charge is -1.91. The number of carboxylic acid groups (broad SMARTS) is 1. The fourth-order valence-electron chi connectivity index (χ4n) is 1.07. The molecule has 17 heavy (non-hydrogen) atoms. The first-order valence-electron chi connectivity index (χ1n) is 4.75. The van der Waals surface area contributed by atoms with Crippen molar-refractivity contribution in [2.75, 3.05) is 0 Å². The lowest BCUT2D eigenvalue weighted by Crippen LogP contribution is -2.09. The number of carboxylic acids is 1. The molecule has 0 radical (unpaired) electrons. The molecule has 4 heteroatoms. The summed E-state index contributed by atoms with van der Waals surface area (Å²) in [6, 6.07) is 10.9. The van der Waals surface area contributed by atoms with Gasteiger partial charge in [-0.1, -0.05) is 36.4 Å². The Morgan fingerprint density at radius 2 is 1.88 bits per heavy atom. The summed E-state index contributed by atoms with van der Waals surface area (Å²) in [4.78, 5) is 21.2. The van der Waals surface area contributed by atoms with Gasteiger partial charge in [-0.3, -0.25) is 4.79 Å². The molecule has 4 nitrogen and oxygen atoms in total. The standard InChI is InChI=1S/C13H9NO3/c14-9-11(8-12(15)13(16)17)7-6-10-4-2-1-3-5-10/h1-8H,(H,16,17). The van der Waals surface area contributed by atoms with Crippen molar-refractivity contribution in [3.63, 3.8) is 0 Å². The quantitative estimate of drug-likeness (QED) is 0.368. The molecule has 84 valence electrons. The third-order valence-electron chi connectivity index (χ3n) is 1.88. The van der Waals surface area contributed by atoms with Crippen LogP contribution in [0.15, 0.2) is 48.1 Å². The van der Waals surface area contributed by atoms with Crippen LogP contribution in [0.25, 0.3) is 6.08 Å². The minimum atomic E-state index is -1.58. The molecule has 1 rings (SSSR count). The maximum atomic E-state index is 10.9. The Hall–Kier alpha value is -2.67. The third kappa shape index (κ3) is 4.14. The minimum absolute atomic E-state index is 0.00116. The third-order valence-corrected chi connectivity index (χ3v) is 1.88. The number of carbonyl (C=O) groups excluding carboxylic acids is 1. The van der Waals surface area contributed by atoms with Crippen molar-refractivity contribution in [3.05, 3.63) is 53.6 Å². The van der Waals surface area contributed by atoms with Crippen LogP contribution in [-0.2, 0) is 9.59 Å². The summed E-state index contributed by atoms with van der Waals surface area (Å²) in [6.07, 6.45) is 3.82. The highest BCUT2D eigenvalue weighted by Crippen LogP contribution is 2.04. The molecule has 0 spiro atoms. The molecule has 1 aromatic rings. The van der Waals surface area contributed by atoms with Gasteiger partial charge in [0.05, 0.1) is 11.6 Å². The first kappa shape index (κ1) is 12.4. The summed E-state index contributed by atoms with van der Waals surface area (Å²) in [7, 11) is 0. The number of benzene rings is 1. The van der Waals surface area contributed by atoms with Crippen molar-refractivity contribution < 1.29 is 14.7 Å². The van der Waals surface area contributed by atoms with Crippen molar-refractivity contribution in [1.29, 1.82) is 5.26 Å². The summed E-state index contributed by atoms with van der Waals surface area (Å²) in [5, 5.41) is 17.1. The number of hydrogen-bond acceptors (Lipinski definition) is 3. The number of rotatable bonds is 4. The SMILES string of the molecule is N#CC(C=Cc1ccccc1)=CC(=O)C(=O)O. The fourth-order valence-corrected chi connectivity index (χ4v) is 1.07. The first-order valence-corrected chi connectivity index (χ1v) is 4.75. The molecule has 0 aliphatic heterocycles. The smallest absolute Gasteiger partial charge is 0.376 e. The normalized spacial score (nSPS) is 11.1. The Labute approximate surface area is 98.1 Å². The molecular formula is C13H9NO3. The summed E-state index contributed by atoms with van der Waals surface area (Å²) >= 11 is 0. The molecule has 0 amide bonds. The molecule has 0 heterocycles. The van der Waals surface area contributed by atoms with Crippen LogP contribution in [0.4, 0.5) is 0 Å². The van der Waals surface area contributed by atoms with E-state index >= 15 is 0 Å². The van der Waals surface area contributed by atoms with E-state index in [0.29, 0.717) is 0 Å². The van der Waals surface area contributed by atoms with Crippen LogP contribution in [0.1, 0.15) is 5.56 Å². The molecular weight excluding hydrogens is 218 g/mol. The monoisotopic (exact) mass is 227 g/mol. The number of allylic oxidation sites excluding steroid dienone is 2. The predicted octanol–water partition coefficient (Wildman–Crippen LogP) is 1.80. The predicted molar refractivity (Wildman–Crippen MR) is 61.8 cm³/mol. The van der Waals surface area contributed by atoms with Gasteiger partial charge in [-0.25, -0.2) is 4.79 Å². The zero-order valence-corrected chi connectivity index (χ0v) is 8.83. The zero-order valence-electron chi connectivity index (χ0n) is 8.83. The first-order chi connectivity index (χ1) is 8.13. The molecule has 0 aliphatic rings. The number of ketones is 1. The Morgan fingerprint density at radius 3 is 2.41 bits per heavy atom. The van der Waals surface area contributed by atoms with Crippen LogP contribution in [0.3, 0.4) is 0 Å². The molecule has 0 unspecified atom stereocenters. The molecule has 0 atom stereocenters. The van der Waals surface area contributed by atoms with E-state index in [9.17, 15) is 9.59 Å². The summed E-state index contributed by atoms with van der Waals surface area (Å²) in [5.41, 5.74) is 0.859. The van der Waals surface area contributed by atoms with Gasteiger partial charge in [0.2, 0.25) is 0 Å². The largest absolute Gasteiger partial charge is 0.475 e. The van der Waals surface area contributed by atoms with Crippen molar-refractivity contribution in [2.24, 2.45) is 0 Å². The second-order valence-corrected chi connectivity index (χ2v) is 3.12. The molecule has 0 fully saturated rings. The maximum Gasteiger partial charge on any atom is 0.376 e. The highest BCUT2D eigenvalue weighted by molar-refractivity contribution is 6.37.